The van der Waals surface area contributed by atoms with Gasteiger partial charge in [0.2, 0.25) is 11.9 Å². The average Bonchev–Trinajstić information content (AvgIpc) is 3.95. The fourth-order valence-corrected chi connectivity index (χ4v) is 8.05. The van der Waals surface area contributed by atoms with Crippen LogP contribution in [0.15, 0.2) is 122 Å². The molecule has 0 radical (unpaired) electrons. The van der Waals surface area contributed by atoms with Crippen molar-refractivity contribution >= 4 is 23.7 Å². The van der Waals surface area contributed by atoms with E-state index in [1.165, 1.54) is 22.3 Å². The predicted molar refractivity (Wildman–Crippen MR) is 244 cm³/mol. The van der Waals surface area contributed by atoms with Crippen molar-refractivity contribution in [1.29, 1.82) is 0 Å². The Hall–Kier alpha value is -7.40. The molecule has 8 rings (SSSR count). The minimum absolute atomic E-state index is 0.197. The highest BCUT2D eigenvalue weighted by atomic mass is 16.2. The fraction of sp³-hybridized carbons (Fsp3) is 0.216. The number of aryl methyl sites for hydroxylation is 6. The van der Waals surface area contributed by atoms with Gasteiger partial charge in [0.25, 0.3) is 11.8 Å². The number of anilines is 2. The molecular weight excluding hydrogens is 771 g/mol. The molecule has 4 heterocycles. The second-order valence-electron chi connectivity index (χ2n) is 16.5. The number of benzene rings is 4. The lowest BCUT2D eigenvalue weighted by atomic mass is 9.98. The molecule has 0 unspecified atom stereocenters. The van der Waals surface area contributed by atoms with Crippen LogP contribution in [0.3, 0.4) is 0 Å². The quantitative estimate of drug-likeness (QED) is 0.120. The molecule has 0 spiro atoms. The lowest BCUT2D eigenvalue weighted by Gasteiger charge is -2.13. The topological polar surface area (TPSA) is 116 Å². The lowest BCUT2D eigenvalue weighted by molar-refractivity contribution is -0.688. The Kier molecular flexibility index (Phi) is 11.5. The maximum atomic E-state index is 13.4. The molecule has 0 aliphatic heterocycles. The summed E-state index contributed by atoms with van der Waals surface area (Å²) in [6.07, 6.45) is 13.1. The van der Waals surface area contributed by atoms with E-state index in [1.807, 2.05) is 97.5 Å². The summed E-state index contributed by atoms with van der Waals surface area (Å²) in [7, 11) is 5.75. The van der Waals surface area contributed by atoms with Gasteiger partial charge in [-0.2, -0.15) is 5.10 Å². The van der Waals surface area contributed by atoms with Gasteiger partial charge in [0, 0.05) is 73.7 Å². The molecule has 0 saturated heterocycles. The van der Waals surface area contributed by atoms with Gasteiger partial charge in [-0.1, -0.05) is 30.3 Å². The van der Waals surface area contributed by atoms with Crippen LogP contribution in [0, 0.1) is 34.6 Å². The van der Waals surface area contributed by atoms with E-state index in [2.05, 4.69) is 120 Å². The van der Waals surface area contributed by atoms with E-state index in [1.54, 1.807) is 4.68 Å². The number of rotatable bonds is 12. The van der Waals surface area contributed by atoms with Crippen molar-refractivity contribution in [2.45, 2.75) is 54.0 Å². The van der Waals surface area contributed by atoms with E-state index in [9.17, 15) is 9.59 Å². The van der Waals surface area contributed by atoms with Crippen molar-refractivity contribution < 1.29 is 14.2 Å². The molecule has 0 aliphatic carbocycles. The Labute approximate surface area is 362 Å². The molecule has 0 aliphatic rings. The Morgan fingerprint density at radius 1 is 0.565 bits per heavy atom. The maximum Gasteiger partial charge on any atom is 0.257 e. The van der Waals surface area contributed by atoms with Crippen LogP contribution in [0.4, 0.5) is 11.9 Å². The largest absolute Gasteiger partial charge is 0.313 e. The third-order valence-corrected chi connectivity index (χ3v) is 11.8. The lowest BCUT2D eigenvalue weighted by Crippen LogP contribution is -2.33. The summed E-state index contributed by atoms with van der Waals surface area (Å²) in [6.45, 7) is 11.3. The molecule has 2 N–H and O–H groups in total. The van der Waals surface area contributed by atoms with Crippen LogP contribution in [-0.4, -0.2) is 40.7 Å². The number of hydrogen-bond acceptors (Lipinski definition) is 5. The van der Waals surface area contributed by atoms with Crippen molar-refractivity contribution in [2.24, 2.45) is 21.1 Å². The van der Waals surface area contributed by atoms with E-state index in [0.29, 0.717) is 42.4 Å². The average molecular weight is 823 g/mol. The van der Waals surface area contributed by atoms with Gasteiger partial charge < -0.3 is 9.13 Å². The molecule has 11 heteroatoms. The van der Waals surface area contributed by atoms with Gasteiger partial charge in [-0.25, -0.2) is 14.5 Å². The van der Waals surface area contributed by atoms with E-state index in [4.69, 9.17) is 0 Å². The number of hydrogen-bond donors (Lipinski definition) is 2. The van der Waals surface area contributed by atoms with Crippen LogP contribution in [0.25, 0.3) is 22.5 Å². The van der Waals surface area contributed by atoms with Crippen molar-refractivity contribution in [2.75, 3.05) is 10.6 Å². The first-order valence-electron chi connectivity index (χ1n) is 20.8. The number of carbonyl (C=O) groups is 2. The van der Waals surface area contributed by atoms with E-state index in [-0.39, 0.29) is 11.8 Å². The number of imidazole rings is 2. The summed E-state index contributed by atoms with van der Waals surface area (Å²) >= 11 is 0. The Balaban J connectivity index is 0.892. The summed E-state index contributed by atoms with van der Waals surface area (Å²) < 4.78 is 7.82. The van der Waals surface area contributed by atoms with E-state index < -0.39 is 0 Å². The Bertz CT molecular complexity index is 2970. The maximum absolute atomic E-state index is 13.4. The van der Waals surface area contributed by atoms with Gasteiger partial charge in [0.15, 0.2) is 18.9 Å². The van der Waals surface area contributed by atoms with Crippen molar-refractivity contribution in [3.05, 3.63) is 189 Å². The molecule has 62 heavy (non-hydrogen) atoms. The minimum atomic E-state index is -0.208. The summed E-state index contributed by atoms with van der Waals surface area (Å²) in [5.41, 5.74) is 16.7. The monoisotopic (exact) mass is 822 g/mol. The molecule has 312 valence electrons. The molecule has 4 aromatic carbocycles. The molecular formula is C51H52N9O2+. The normalized spacial score (nSPS) is 11.2. The summed E-state index contributed by atoms with van der Waals surface area (Å²) in [5.74, 6) is 0.581. The van der Waals surface area contributed by atoms with Gasteiger partial charge in [0.05, 0.1) is 30.0 Å². The molecule has 2 amide bonds. The second kappa shape index (κ2) is 17.3. The van der Waals surface area contributed by atoms with Gasteiger partial charge in [-0.15, -0.1) is 0 Å². The number of aromatic nitrogens is 7. The van der Waals surface area contributed by atoms with Crippen LogP contribution < -0.4 is 15.2 Å². The summed E-state index contributed by atoms with van der Waals surface area (Å²) in [5, 5.41) is 10.3. The number of nitrogens with zero attached hydrogens (tertiary/aromatic N) is 7. The highest BCUT2D eigenvalue weighted by Gasteiger charge is 2.19. The van der Waals surface area contributed by atoms with Crippen molar-refractivity contribution in [3.8, 4) is 22.5 Å². The van der Waals surface area contributed by atoms with Crippen molar-refractivity contribution in [1.82, 2.24) is 28.9 Å². The van der Waals surface area contributed by atoms with Crippen LogP contribution in [-0.2, 0) is 40.5 Å². The van der Waals surface area contributed by atoms with Gasteiger partial charge in [-0.3, -0.25) is 24.9 Å². The Morgan fingerprint density at radius 3 is 1.63 bits per heavy atom. The standard InChI is InChI=1S/C51H51N9O2/c1-32-19-35(4)44(21-33(32)2)46-28-52-50(58(46)7)55-48(61)41-13-9-11-38(25-41)23-37-15-17-60(18-16-37)31-43-20-36(5)45(22-34(43)3)47-29-53-51(59(47)8)56-49(62)42-14-10-12-39(26-42)24-40-27-54-57(6)30-40/h9-22,25-30H,23-24,31H2,1-8H3,(H-,52,53,55,56,61,62)/p+1. The smallest absolute Gasteiger partial charge is 0.257 e. The van der Waals surface area contributed by atoms with Crippen molar-refractivity contribution in [3.63, 3.8) is 0 Å². The summed E-state index contributed by atoms with van der Waals surface area (Å²) in [4.78, 5) is 35.9. The third kappa shape index (κ3) is 8.88. The number of amides is 2. The molecule has 4 aromatic heterocycles. The zero-order chi connectivity index (χ0) is 43.7. The highest BCUT2D eigenvalue weighted by Crippen LogP contribution is 2.30. The van der Waals surface area contributed by atoms with Crippen LogP contribution in [0.2, 0.25) is 0 Å². The minimum Gasteiger partial charge on any atom is -0.313 e. The van der Waals surface area contributed by atoms with Gasteiger partial charge in [0.1, 0.15) is 0 Å². The molecule has 0 saturated carbocycles. The SMILES string of the molecule is Cc1cc(C)c(-c2cnc(NC(=O)c3cccc(Cc4cc[n+](Cc5cc(C)c(-c6cnc(NC(=O)c7cccc(Cc8cnn(C)c8)c7)n6C)cc5C)cc4)c3)n2C)cc1C. The van der Waals surface area contributed by atoms with E-state index in [0.717, 1.165) is 55.9 Å². The second-order valence-corrected chi connectivity index (χ2v) is 16.5. The number of carbonyl (C=O) groups excluding carboxylic acids is 2. The first-order valence-corrected chi connectivity index (χ1v) is 20.8. The summed E-state index contributed by atoms with van der Waals surface area (Å²) in [6, 6.07) is 28.5. The zero-order valence-corrected chi connectivity index (χ0v) is 36.6. The van der Waals surface area contributed by atoms with Crippen LogP contribution in [0.5, 0.6) is 0 Å². The third-order valence-electron chi connectivity index (χ3n) is 11.8. The van der Waals surface area contributed by atoms with E-state index >= 15 is 0 Å². The zero-order valence-electron chi connectivity index (χ0n) is 36.6. The van der Waals surface area contributed by atoms with Gasteiger partial charge >= 0.3 is 0 Å². The predicted octanol–water partition coefficient (Wildman–Crippen LogP) is 8.79. The first-order chi connectivity index (χ1) is 29.8. The number of pyridine rings is 1. The molecule has 0 bridgehead atoms. The first kappa shape index (κ1) is 41.3. The van der Waals surface area contributed by atoms with Crippen LogP contribution >= 0.6 is 0 Å². The molecule has 0 fully saturated rings. The van der Waals surface area contributed by atoms with Crippen LogP contribution in [0.1, 0.15) is 76.4 Å². The van der Waals surface area contributed by atoms with Gasteiger partial charge in [-0.05, 0) is 134 Å². The molecule has 11 nitrogen and oxygen atoms in total. The highest BCUT2D eigenvalue weighted by molar-refractivity contribution is 6.04. The molecule has 0 atom stereocenters. The molecule has 8 aromatic rings. The number of nitrogens with one attached hydrogen (secondary N) is 2. The fourth-order valence-electron chi connectivity index (χ4n) is 8.05. The Morgan fingerprint density at radius 2 is 1.08 bits per heavy atom.